The molecule has 0 N–H and O–H groups in total. The van der Waals surface area contributed by atoms with E-state index in [1.54, 1.807) is 0 Å². The van der Waals surface area contributed by atoms with E-state index < -0.39 is 0 Å². The Morgan fingerprint density at radius 1 is 1.00 bits per heavy atom. The van der Waals surface area contributed by atoms with Crippen LogP contribution in [-0.2, 0) is 0 Å². The third-order valence-electron chi connectivity index (χ3n) is 4.06. The lowest BCUT2D eigenvalue weighted by molar-refractivity contribution is 0.327. The van der Waals surface area contributed by atoms with Crippen LogP contribution in [0.5, 0.6) is 0 Å². The molecule has 1 heteroatoms. The van der Waals surface area contributed by atoms with E-state index >= 15 is 0 Å². The topological polar surface area (TPSA) is 0 Å². The van der Waals surface area contributed by atoms with E-state index in [1.165, 1.54) is 42.3 Å². The van der Waals surface area contributed by atoms with Crippen molar-refractivity contribution in [2.45, 2.75) is 63.3 Å². The first kappa shape index (κ1) is 17.4. The van der Waals surface area contributed by atoms with Crippen molar-refractivity contribution in [2.24, 2.45) is 5.92 Å². The lowest BCUT2D eigenvalue weighted by Gasteiger charge is -2.36. The van der Waals surface area contributed by atoms with Crippen LogP contribution >= 0.6 is 0 Å². The van der Waals surface area contributed by atoms with E-state index in [-0.39, 0.29) is 0 Å². The smallest absolute Gasteiger partial charge is 0.0118 e. The van der Waals surface area contributed by atoms with Crippen LogP contribution in [0, 0.1) is 5.92 Å². The summed E-state index contributed by atoms with van der Waals surface area (Å²) >= 11 is 0. The summed E-state index contributed by atoms with van der Waals surface area (Å²) in [6.07, 6.45) is 16.5. The maximum absolute atomic E-state index is 3.94. The first-order valence-electron chi connectivity index (χ1n) is 7.47. The molecule has 0 aromatic carbocycles. The maximum atomic E-state index is 3.94. The Labute approximate surface area is 118 Å². The van der Waals surface area contributed by atoms with Gasteiger partial charge in [-0.2, -0.15) is 0 Å². The van der Waals surface area contributed by atoms with E-state index in [0.717, 1.165) is 25.2 Å². The lowest BCUT2D eigenvalue weighted by atomic mass is 9.80. The van der Waals surface area contributed by atoms with Gasteiger partial charge in [0.25, 0.3) is 0 Å². The van der Waals surface area contributed by atoms with Crippen LogP contribution in [0.1, 0.15) is 58.3 Å². The Hall–Kier alpha value is -0.563. The predicted octanol–water partition coefficient (Wildman–Crippen LogP) is 4.83. The number of unbranched alkanes of at least 4 members (excludes halogenated alkanes) is 3. The van der Waals surface area contributed by atoms with Crippen molar-refractivity contribution in [3.05, 3.63) is 38.0 Å². The molecule has 0 aromatic heterocycles. The number of rotatable bonds is 12. The Bertz CT molecular complexity index is 232. The highest BCUT2D eigenvalue weighted by Crippen LogP contribution is 2.45. The first-order chi connectivity index (χ1) is 8.64. The number of allylic oxidation sites excluding steroid dienone is 3. The van der Waals surface area contributed by atoms with Gasteiger partial charge in [0.2, 0.25) is 0 Å². The van der Waals surface area contributed by atoms with Gasteiger partial charge in [0.15, 0.2) is 0 Å². The van der Waals surface area contributed by atoms with E-state index in [1.807, 2.05) is 0 Å². The molecule has 0 saturated heterocycles. The van der Waals surface area contributed by atoms with E-state index in [4.69, 9.17) is 0 Å². The molecule has 18 heavy (non-hydrogen) atoms. The average molecular weight is 265 g/mol. The van der Waals surface area contributed by atoms with Crippen molar-refractivity contribution >= 4 is 10.2 Å². The predicted molar refractivity (Wildman–Crippen MR) is 89.3 cm³/mol. The van der Waals surface area contributed by atoms with Gasteiger partial charge in [-0.3, -0.25) is 0 Å². The lowest BCUT2D eigenvalue weighted by Crippen LogP contribution is -2.23. The summed E-state index contributed by atoms with van der Waals surface area (Å²) in [7, 11) is 1.21. The fourth-order valence-electron chi connectivity index (χ4n) is 2.85. The van der Waals surface area contributed by atoms with Crippen LogP contribution in [0.15, 0.2) is 38.0 Å². The second-order valence-electron chi connectivity index (χ2n) is 5.71. The van der Waals surface area contributed by atoms with Crippen LogP contribution in [0.2, 0.25) is 5.04 Å². The van der Waals surface area contributed by atoms with Gasteiger partial charge in [0.05, 0.1) is 0 Å². The third-order valence-corrected chi connectivity index (χ3v) is 5.70. The molecule has 0 aliphatic rings. The fourth-order valence-corrected chi connectivity index (χ4v) is 3.95. The van der Waals surface area contributed by atoms with Gasteiger partial charge >= 0.3 is 0 Å². The maximum Gasteiger partial charge on any atom is 0.0118 e. The molecule has 0 rings (SSSR count). The number of hydrogen-bond acceptors (Lipinski definition) is 0. The molecule has 0 heterocycles. The summed E-state index contributed by atoms with van der Waals surface area (Å²) in [5.74, 6) is 0.773. The average Bonchev–Trinajstić information content (AvgIpc) is 2.33. The molecular formula is C17H32Si. The molecule has 0 fully saturated rings. The molecule has 0 saturated carbocycles. The van der Waals surface area contributed by atoms with Crippen LogP contribution in [-0.4, -0.2) is 10.2 Å². The molecule has 0 spiro atoms. The quantitative estimate of drug-likeness (QED) is 0.269. The minimum absolute atomic E-state index is 0.448. The van der Waals surface area contributed by atoms with Gasteiger partial charge in [-0.1, -0.05) is 50.8 Å². The highest BCUT2D eigenvalue weighted by molar-refractivity contribution is 6.15. The molecule has 104 valence electrons. The molecule has 0 radical (unpaired) electrons. The van der Waals surface area contributed by atoms with Crippen LogP contribution in [0.25, 0.3) is 0 Å². The van der Waals surface area contributed by atoms with Gasteiger partial charge in [0.1, 0.15) is 0 Å². The molecule has 0 nitrogen and oxygen atoms in total. The van der Waals surface area contributed by atoms with Gasteiger partial charge in [0, 0.05) is 10.2 Å². The molecule has 0 aromatic rings. The summed E-state index contributed by atoms with van der Waals surface area (Å²) < 4.78 is 0. The van der Waals surface area contributed by atoms with Crippen LogP contribution in [0.4, 0.5) is 0 Å². The van der Waals surface area contributed by atoms with Gasteiger partial charge < -0.3 is 0 Å². The van der Waals surface area contributed by atoms with Gasteiger partial charge in [-0.25, -0.2) is 0 Å². The van der Waals surface area contributed by atoms with E-state index in [9.17, 15) is 0 Å². The minimum Gasteiger partial charge on any atom is -0.103 e. The van der Waals surface area contributed by atoms with Crippen molar-refractivity contribution in [3.8, 4) is 0 Å². The van der Waals surface area contributed by atoms with E-state index in [2.05, 4.69) is 44.9 Å². The van der Waals surface area contributed by atoms with Crippen molar-refractivity contribution in [1.82, 2.24) is 0 Å². The van der Waals surface area contributed by atoms with Crippen molar-refractivity contribution in [1.29, 1.82) is 0 Å². The highest BCUT2D eigenvalue weighted by atomic mass is 28.1. The Kier molecular flexibility index (Phi) is 10.0. The van der Waals surface area contributed by atoms with Crippen molar-refractivity contribution in [2.75, 3.05) is 0 Å². The zero-order valence-electron chi connectivity index (χ0n) is 12.6. The van der Waals surface area contributed by atoms with Gasteiger partial charge in [-0.05, 0) is 36.6 Å². The summed E-state index contributed by atoms with van der Waals surface area (Å²) in [5, 5.41) is 0.448. The Morgan fingerprint density at radius 2 is 1.61 bits per heavy atom. The zero-order valence-corrected chi connectivity index (χ0v) is 14.6. The fraction of sp³-hybridized carbons (Fsp3) is 0.647. The number of hydrogen-bond donors (Lipinski definition) is 0. The molecule has 0 bridgehead atoms. The molecule has 0 aliphatic carbocycles. The second kappa shape index (κ2) is 10.4. The van der Waals surface area contributed by atoms with Crippen molar-refractivity contribution in [3.63, 3.8) is 0 Å². The zero-order chi connectivity index (χ0) is 13.9. The van der Waals surface area contributed by atoms with Crippen LogP contribution < -0.4 is 0 Å². The molecule has 1 unspecified atom stereocenters. The summed E-state index contributed by atoms with van der Waals surface area (Å²) in [5.41, 5.74) is 0. The third kappa shape index (κ3) is 6.39. The summed E-state index contributed by atoms with van der Waals surface area (Å²) in [4.78, 5) is 0. The summed E-state index contributed by atoms with van der Waals surface area (Å²) in [6.45, 7) is 14.1. The second-order valence-corrected chi connectivity index (χ2v) is 7.70. The Morgan fingerprint density at radius 3 is 2.06 bits per heavy atom. The molecule has 0 aliphatic heterocycles. The monoisotopic (exact) mass is 264 g/mol. The Balaban J connectivity index is 4.52. The standard InChI is InChI=1S/C17H32Si/c1-5-9-10-11-13-16(12-6-2)17(18,14-7-3)15-8-4/h6-8,16H,2-5,9-15H2,1,18H3. The SMILES string of the molecule is C=CCC(CCCCCC)C([SiH3])(CC=C)CC=C. The molecular weight excluding hydrogens is 232 g/mol. The largest absolute Gasteiger partial charge is 0.103 e. The highest BCUT2D eigenvalue weighted by Gasteiger charge is 2.30. The molecule has 0 amide bonds. The van der Waals surface area contributed by atoms with Crippen molar-refractivity contribution < 1.29 is 0 Å². The summed E-state index contributed by atoms with van der Waals surface area (Å²) in [6, 6.07) is 0. The van der Waals surface area contributed by atoms with Crippen LogP contribution in [0.3, 0.4) is 0 Å². The van der Waals surface area contributed by atoms with E-state index in [0.29, 0.717) is 5.04 Å². The minimum atomic E-state index is 0.448. The normalized spacial score (nSPS) is 13.2. The van der Waals surface area contributed by atoms with Gasteiger partial charge in [-0.15, -0.1) is 19.7 Å². The molecule has 1 atom stereocenters. The first-order valence-corrected chi connectivity index (χ1v) is 8.47.